The number of nitrogens with zero attached hydrogens (tertiary/aromatic N) is 1. The quantitative estimate of drug-likeness (QED) is 0.777. The normalized spacial score (nSPS) is 15.4. The van der Waals surface area contributed by atoms with Gasteiger partial charge < -0.3 is 23.8 Å². The number of para-hydroxylation sites is 2. The fourth-order valence-electron chi connectivity index (χ4n) is 1.93. The van der Waals surface area contributed by atoms with Crippen LogP contribution in [0.4, 0.5) is 5.69 Å². The van der Waals surface area contributed by atoms with Crippen LogP contribution >= 0.6 is 0 Å². The number of fused-ring (bicyclic) bond motifs is 1. The smallest absolute Gasteiger partial charge is 0.143 e. The van der Waals surface area contributed by atoms with Gasteiger partial charge in [-0.1, -0.05) is 32.4 Å². The van der Waals surface area contributed by atoms with Crippen molar-refractivity contribution in [2.24, 2.45) is 0 Å². The molecule has 2 rings (SSSR count). The zero-order valence-corrected chi connectivity index (χ0v) is 15.5. The van der Waals surface area contributed by atoms with Gasteiger partial charge in [-0.15, -0.1) is 0 Å². The number of rotatable bonds is 5. The molecule has 0 aliphatic carbocycles. The predicted molar refractivity (Wildman–Crippen MR) is 95.7 cm³/mol. The van der Waals surface area contributed by atoms with E-state index in [1.54, 1.807) is 21.3 Å². The fraction of sp³-hybridized carbons (Fsp3) is 0.667. The first kappa shape index (κ1) is 21.7. The standard InChI is InChI=1S/C11H15NO2.C4H10O2.C3H8/c1-12-7-9(8-13-2)14-11-6-4-3-5-10(11)12;1-5-3-4-6-2;1-3-2/h3-6,9H,7-8H2,1-2H3;3-4H2,1-2H3;3H2,1-2H3/t9-;;/m0../s1. The van der Waals surface area contributed by atoms with E-state index in [1.165, 1.54) is 6.42 Å². The Bertz CT molecular complexity index is 383. The van der Waals surface area contributed by atoms with E-state index >= 15 is 0 Å². The first-order valence-corrected chi connectivity index (χ1v) is 8.08. The summed E-state index contributed by atoms with van der Waals surface area (Å²) in [5.41, 5.74) is 1.15. The molecular weight excluding hydrogens is 294 g/mol. The minimum atomic E-state index is 0.139. The van der Waals surface area contributed by atoms with E-state index in [-0.39, 0.29) is 6.10 Å². The summed E-state index contributed by atoms with van der Waals surface area (Å²) >= 11 is 0. The third kappa shape index (κ3) is 9.43. The minimum Gasteiger partial charge on any atom is -0.484 e. The first-order valence-electron chi connectivity index (χ1n) is 8.08. The van der Waals surface area contributed by atoms with Gasteiger partial charge in [0.05, 0.1) is 32.1 Å². The highest BCUT2D eigenvalue weighted by Crippen LogP contribution is 2.31. The lowest BCUT2D eigenvalue weighted by molar-refractivity contribution is 0.0801. The maximum absolute atomic E-state index is 5.78. The van der Waals surface area contributed by atoms with Crippen molar-refractivity contribution < 1.29 is 18.9 Å². The summed E-state index contributed by atoms with van der Waals surface area (Å²) < 4.78 is 20.2. The molecule has 0 unspecified atom stereocenters. The van der Waals surface area contributed by atoms with Crippen LogP contribution in [0.2, 0.25) is 0 Å². The molecule has 1 aromatic rings. The van der Waals surface area contributed by atoms with Crippen molar-refractivity contribution in [2.75, 3.05) is 59.6 Å². The number of methoxy groups -OCH3 is 3. The fourth-order valence-corrected chi connectivity index (χ4v) is 1.93. The van der Waals surface area contributed by atoms with Crippen LogP contribution in [0.25, 0.3) is 0 Å². The third-order valence-electron chi connectivity index (χ3n) is 2.89. The van der Waals surface area contributed by atoms with Crippen LogP contribution in [0, 0.1) is 0 Å². The lowest BCUT2D eigenvalue weighted by Gasteiger charge is -2.33. The number of benzene rings is 1. The van der Waals surface area contributed by atoms with Gasteiger partial charge in [0.1, 0.15) is 11.9 Å². The molecule has 1 aliphatic heterocycles. The highest BCUT2D eigenvalue weighted by Gasteiger charge is 2.22. The van der Waals surface area contributed by atoms with Crippen molar-refractivity contribution in [3.8, 4) is 5.75 Å². The Balaban J connectivity index is 0.000000453. The van der Waals surface area contributed by atoms with Gasteiger partial charge in [-0.3, -0.25) is 0 Å². The minimum absolute atomic E-state index is 0.139. The average molecular weight is 327 g/mol. The van der Waals surface area contributed by atoms with Crippen molar-refractivity contribution in [2.45, 2.75) is 26.4 Å². The van der Waals surface area contributed by atoms with Gasteiger partial charge in [-0.05, 0) is 12.1 Å². The number of hydrogen-bond donors (Lipinski definition) is 0. The molecule has 0 N–H and O–H groups in total. The van der Waals surface area contributed by atoms with E-state index in [9.17, 15) is 0 Å². The Morgan fingerprint density at radius 3 is 2.13 bits per heavy atom. The number of anilines is 1. The van der Waals surface area contributed by atoms with Gasteiger partial charge in [0.15, 0.2) is 0 Å². The van der Waals surface area contributed by atoms with Crippen molar-refractivity contribution in [1.82, 2.24) is 0 Å². The highest BCUT2D eigenvalue weighted by molar-refractivity contribution is 5.59. The molecule has 23 heavy (non-hydrogen) atoms. The summed E-state index contributed by atoms with van der Waals surface area (Å²) in [6, 6.07) is 8.07. The second-order valence-electron chi connectivity index (χ2n) is 5.24. The molecule has 5 nitrogen and oxygen atoms in total. The van der Waals surface area contributed by atoms with E-state index in [0.29, 0.717) is 19.8 Å². The first-order chi connectivity index (χ1) is 11.1. The van der Waals surface area contributed by atoms with Gasteiger partial charge in [-0.25, -0.2) is 0 Å². The van der Waals surface area contributed by atoms with Crippen LogP contribution in [0.1, 0.15) is 20.3 Å². The van der Waals surface area contributed by atoms with Gasteiger partial charge in [0, 0.05) is 28.4 Å². The van der Waals surface area contributed by atoms with E-state index in [2.05, 4.69) is 41.3 Å². The molecule has 0 aromatic heterocycles. The second kappa shape index (κ2) is 14.3. The molecule has 0 saturated heterocycles. The Morgan fingerprint density at radius 1 is 1.04 bits per heavy atom. The van der Waals surface area contributed by atoms with Crippen molar-refractivity contribution in [3.05, 3.63) is 24.3 Å². The summed E-state index contributed by atoms with van der Waals surface area (Å²) in [6.45, 7) is 7.15. The van der Waals surface area contributed by atoms with E-state index in [4.69, 9.17) is 9.47 Å². The second-order valence-corrected chi connectivity index (χ2v) is 5.24. The average Bonchev–Trinajstić information content (AvgIpc) is 2.55. The topological polar surface area (TPSA) is 40.2 Å². The summed E-state index contributed by atoms with van der Waals surface area (Å²) in [4.78, 5) is 2.20. The number of hydrogen-bond acceptors (Lipinski definition) is 5. The summed E-state index contributed by atoms with van der Waals surface area (Å²) in [7, 11) is 7.08. The SMILES string of the molecule is CCC.COCCOC.COC[C@@H]1CN(C)c2ccccc2O1. The summed E-state index contributed by atoms with van der Waals surface area (Å²) in [6.07, 6.45) is 1.39. The molecule has 1 atom stereocenters. The molecule has 1 aromatic carbocycles. The number of likely N-dealkylation sites (N-methyl/N-ethyl adjacent to an activating group) is 1. The van der Waals surface area contributed by atoms with E-state index in [0.717, 1.165) is 18.0 Å². The van der Waals surface area contributed by atoms with E-state index in [1.807, 2.05) is 18.2 Å². The van der Waals surface area contributed by atoms with Gasteiger partial charge in [0.2, 0.25) is 0 Å². The molecule has 0 radical (unpaired) electrons. The van der Waals surface area contributed by atoms with Crippen LogP contribution in [0.15, 0.2) is 24.3 Å². The highest BCUT2D eigenvalue weighted by atomic mass is 16.5. The van der Waals surface area contributed by atoms with Gasteiger partial charge >= 0.3 is 0 Å². The predicted octanol–water partition coefficient (Wildman–Crippen LogP) is 3.23. The largest absolute Gasteiger partial charge is 0.484 e. The monoisotopic (exact) mass is 327 g/mol. The molecule has 1 aliphatic rings. The van der Waals surface area contributed by atoms with Crippen LogP contribution in [0.3, 0.4) is 0 Å². The Labute approximate surface area is 141 Å². The molecule has 0 spiro atoms. The van der Waals surface area contributed by atoms with Crippen LogP contribution in [-0.4, -0.2) is 60.8 Å². The van der Waals surface area contributed by atoms with E-state index < -0.39 is 0 Å². The van der Waals surface area contributed by atoms with Crippen LogP contribution in [0.5, 0.6) is 5.75 Å². The lowest BCUT2D eigenvalue weighted by atomic mass is 10.2. The Morgan fingerprint density at radius 2 is 1.61 bits per heavy atom. The molecule has 0 amide bonds. The Hall–Kier alpha value is -1.30. The lowest BCUT2D eigenvalue weighted by Crippen LogP contribution is -2.40. The van der Waals surface area contributed by atoms with Gasteiger partial charge in [0.25, 0.3) is 0 Å². The summed E-state index contributed by atoms with van der Waals surface area (Å²) in [5, 5.41) is 0. The maximum atomic E-state index is 5.78. The molecule has 1 heterocycles. The van der Waals surface area contributed by atoms with Crippen LogP contribution < -0.4 is 9.64 Å². The zero-order valence-electron chi connectivity index (χ0n) is 15.5. The molecule has 5 heteroatoms. The zero-order chi connectivity index (χ0) is 17.5. The van der Waals surface area contributed by atoms with Crippen molar-refractivity contribution in [3.63, 3.8) is 0 Å². The molecule has 0 fully saturated rings. The van der Waals surface area contributed by atoms with Crippen LogP contribution in [-0.2, 0) is 14.2 Å². The third-order valence-corrected chi connectivity index (χ3v) is 2.89. The van der Waals surface area contributed by atoms with Gasteiger partial charge in [-0.2, -0.15) is 0 Å². The van der Waals surface area contributed by atoms with Crippen molar-refractivity contribution >= 4 is 5.69 Å². The summed E-state index contributed by atoms with van der Waals surface area (Å²) in [5.74, 6) is 0.948. The molecule has 0 bridgehead atoms. The molecule has 134 valence electrons. The molecular formula is C18H33NO4. The Kier molecular flexibility index (Phi) is 13.5. The maximum Gasteiger partial charge on any atom is 0.143 e. The number of ether oxygens (including phenoxy) is 4. The molecule has 0 saturated carbocycles. The van der Waals surface area contributed by atoms with Crippen molar-refractivity contribution in [1.29, 1.82) is 0 Å².